The number of rotatable bonds is 1. The predicted octanol–water partition coefficient (Wildman–Crippen LogP) is 1.20. The van der Waals surface area contributed by atoms with E-state index in [9.17, 15) is 0 Å². The van der Waals surface area contributed by atoms with E-state index in [1.807, 2.05) is 0 Å². The molecule has 0 aromatic heterocycles. The van der Waals surface area contributed by atoms with E-state index in [1.54, 1.807) is 32.9 Å². The van der Waals surface area contributed by atoms with Crippen molar-refractivity contribution in [2.75, 3.05) is 0 Å². The summed E-state index contributed by atoms with van der Waals surface area (Å²) in [5.41, 5.74) is -0.723. The Hall–Kier alpha value is -1.55. The molecule has 0 fully saturated rings. The Kier molecular flexibility index (Phi) is 3.07. The van der Waals surface area contributed by atoms with Crippen LogP contribution in [0.3, 0.4) is 0 Å². The Labute approximate surface area is 65.7 Å². The van der Waals surface area contributed by atoms with Gasteiger partial charge in [0.05, 0.1) is 0 Å². The summed E-state index contributed by atoms with van der Waals surface area (Å²) in [6, 6.07) is 3.18. The lowest BCUT2D eigenvalue weighted by atomic mass is 10.2. The summed E-state index contributed by atoms with van der Waals surface area (Å²) in [6.07, 6.45) is 0. The molecule has 0 radical (unpaired) electrons. The Morgan fingerprint density at radius 1 is 1.27 bits per heavy atom. The number of nitrogens with zero attached hydrogens (tertiary/aromatic N) is 3. The van der Waals surface area contributed by atoms with Gasteiger partial charge in [-0.05, 0) is 20.8 Å². The van der Waals surface area contributed by atoms with Crippen molar-refractivity contribution < 1.29 is 4.84 Å². The van der Waals surface area contributed by atoms with Crippen LogP contribution in [0.5, 0.6) is 0 Å². The fourth-order valence-corrected chi connectivity index (χ4v) is 0.248. The molecule has 0 aliphatic heterocycles. The van der Waals surface area contributed by atoms with Crippen molar-refractivity contribution in [2.45, 2.75) is 26.4 Å². The number of hydrogen-bond acceptors (Lipinski definition) is 4. The van der Waals surface area contributed by atoms with Crippen LogP contribution in [0.15, 0.2) is 5.16 Å². The average molecular weight is 151 g/mol. The number of oxime groups is 1. The monoisotopic (exact) mass is 151 g/mol. The van der Waals surface area contributed by atoms with Crippen LogP contribution in [0.4, 0.5) is 0 Å². The summed E-state index contributed by atoms with van der Waals surface area (Å²) >= 11 is 0. The number of nitriles is 2. The van der Waals surface area contributed by atoms with Gasteiger partial charge in [0.25, 0.3) is 5.71 Å². The third kappa shape index (κ3) is 4.92. The van der Waals surface area contributed by atoms with Crippen LogP contribution in [0, 0.1) is 22.7 Å². The first-order valence-electron chi connectivity index (χ1n) is 3.06. The maximum Gasteiger partial charge on any atom is 0.256 e. The first kappa shape index (κ1) is 9.45. The molecule has 4 nitrogen and oxygen atoms in total. The highest BCUT2D eigenvalue weighted by Crippen LogP contribution is 2.06. The highest BCUT2D eigenvalue weighted by molar-refractivity contribution is 6.09. The summed E-state index contributed by atoms with van der Waals surface area (Å²) in [5.74, 6) is 0. The summed E-state index contributed by atoms with van der Waals surface area (Å²) in [6.45, 7) is 5.34. The molecular formula is C7H9N3O. The first-order valence-corrected chi connectivity index (χ1v) is 3.06. The molecule has 0 amide bonds. The van der Waals surface area contributed by atoms with Crippen LogP contribution in [0.25, 0.3) is 0 Å². The molecule has 0 aromatic rings. The lowest BCUT2D eigenvalue weighted by Crippen LogP contribution is -2.16. The quantitative estimate of drug-likeness (QED) is 0.417. The Morgan fingerprint density at radius 2 is 1.73 bits per heavy atom. The van der Waals surface area contributed by atoms with E-state index in [0.29, 0.717) is 0 Å². The van der Waals surface area contributed by atoms with Gasteiger partial charge in [0.1, 0.15) is 17.7 Å². The van der Waals surface area contributed by atoms with Gasteiger partial charge in [-0.25, -0.2) is 0 Å². The van der Waals surface area contributed by atoms with Crippen molar-refractivity contribution in [3.05, 3.63) is 0 Å². The lowest BCUT2D eigenvalue weighted by molar-refractivity contribution is 0.00146. The van der Waals surface area contributed by atoms with Crippen molar-refractivity contribution in [3.8, 4) is 12.1 Å². The van der Waals surface area contributed by atoms with Gasteiger partial charge >= 0.3 is 0 Å². The van der Waals surface area contributed by atoms with E-state index in [-0.39, 0.29) is 5.71 Å². The van der Waals surface area contributed by atoms with Gasteiger partial charge in [0.2, 0.25) is 0 Å². The van der Waals surface area contributed by atoms with E-state index in [0.717, 1.165) is 0 Å². The summed E-state index contributed by atoms with van der Waals surface area (Å²) in [7, 11) is 0. The highest BCUT2D eigenvalue weighted by atomic mass is 16.6. The Balaban J connectivity index is 4.17. The van der Waals surface area contributed by atoms with Crippen LogP contribution >= 0.6 is 0 Å². The van der Waals surface area contributed by atoms with E-state index < -0.39 is 5.60 Å². The normalized spacial score (nSPS) is 9.18. The van der Waals surface area contributed by atoms with Crippen LogP contribution in [0.1, 0.15) is 20.8 Å². The van der Waals surface area contributed by atoms with Crippen LogP contribution in [0.2, 0.25) is 0 Å². The van der Waals surface area contributed by atoms with Gasteiger partial charge in [-0.1, -0.05) is 5.16 Å². The molecule has 0 bridgehead atoms. The van der Waals surface area contributed by atoms with Crippen molar-refractivity contribution in [2.24, 2.45) is 5.16 Å². The van der Waals surface area contributed by atoms with Crippen molar-refractivity contribution >= 4 is 5.71 Å². The molecule has 0 aliphatic carbocycles. The van der Waals surface area contributed by atoms with Gasteiger partial charge in [0.15, 0.2) is 0 Å². The lowest BCUT2D eigenvalue weighted by Gasteiger charge is -2.14. The molecule has 0 N–H and O–H groups in total. The maximum atomic E-state index is 8.24. The van der Waals surface area contributed by atoms with Gasteiger partial charge < -0.3 is 4.84 Å². The van der Waals surface area contributed by atoms with Crippen molar-refractivity contribution in [3.63, 3.8) is 0 Å². The van der Waals surface area contributed by atoms with Gasteiger partial charge in [-0.2, -0.15) is 10.5 Å². The minimum absolute atomic E-state index is 0.264. The van der Waals surface area contributed by atoms with E-state index in [4.69, 9.17) is 15.4 Å². The second-order valence-corrected chi connectivity index (χ2v) is 2.87. The van der Waals surface area contributed by atoms with E-state index >= 15 is 0 Å². The highest BCUT2D eigenvalue weighted by Gasteiger charge is 2.10. The Morgan fingerprint density at radius 3 is 2.00 bits per heavy atom. The molecule has 0 aliphatic rings. The fourth-order valence-electron chi connectivity index (χ4n) is 0.248. The predicted molar refractivity (Wildman–Crippen MR) is 39.5 cm³/mol. The molecule has 0 saturated carbocycles. The smallest absolute Gasteiger partial charge is 0.256 e. The molecule has 58 valence electrons. The molecule has 0 rings (SSSR count). The zero-order valence-corrected chi connectivity index (χ0v) is 6.75. The molecule has 0 atom stereocenters. The maximum absolute atomic E-state index is 8.24. The second kappa shape index (κ2) is 3.58. The molecule has 0 unspecified atom stereocenters. The average Bonchev–Trinajstić information content (AvgIpc) is 1.88. The second-order valence-electron chi connectivity index (χ2n) is 2.87. The summed E-state index contributed by atoms with van der Waals surface area (Å²) in [5, 5.41) is 19.8. The zero-order valence-electron chi connectivity index (χ0n) is 6.75. The third-order valence-electron chi connectivity index (χ3n) is 0.623. The molecule has 0 heterocycles. The van der Waals surface area contributed by atoms with E-state index in [1.165, 1.54) is 0 Å². The van der Waals surface area contributed by atoms with Crippen molar-refractivity contribution in [1.29, 1.82) is 10.5 Å². The Bertz CT molecular complexity index is 220. The minimum Gasteiger partial charge on any atom is -0.388 e. The first-order chi connectivity index (χ1) is 4.99. The van der Waals surface area contributed by atoms with Crippen LogP contribution in [-0.4, -0.2) is 11.3 Å². The fraction of sp³-hybridized carbons (Fsp3) is 0.571. The van der Waals surface area contributed by atoms with Gasteiger partial charge in [-0.3, -0.25) is 0 Å². The molecule has 0 saturated heterocycles. The van der Waals surface area contributed by atoms with Crippen molar-refractivity contribution in [1.82, 2.24) is 0 Å². The largest absolute Gasteiger partial charge is 0.388 e. The van der Waals surface area contributed by atoms with Crippen LogP contribution < -0.4 is 0 Å². The standard InChI is InChI=1S/C7H9N3O/c1-7(2,3)11-10-6(4-8)5-9/h1-3H3. The van der Waals surface area contributed by atoms with E-state index in [2.05, 4.69) is 5.16 Å². The summed E-state index contributed by atoms with van der Waals surface area (Å²) < 4.78 is 0. The topological polar surface area (TPSA) is 69.2 Å². The zero-order chi connectivity index (χ0) is 8.91. The molecule has 4 heteroatoms. The minimum atomic E-state index is -0.459. The van der Waals surface area contributed by atoms with Gasteiger partial charge in [0, 0.05) is 0 Å². The molecule has 11 heavy (non-hydrogen) atoms. The third-order valence-corrected chi connectivity index (χ3v) is 0.623. The molecule has 0 spiro atoms. The SMILES string of the molecule is CC(C)(C)ON=C(C#N)C#N. The molecular weight excluding hydrogens is 142 g/mol. The van der Waals surface area contributed by atoms with Gasteiger partial charge in [-0.15, -0.1) is 0 Å². The summed E-state index contributed by atoms with van der Waals surface area (Å²) in [4.78, 5) is 4.82. The van der Waals surface area contributed by atoms with Crippen LogP contribution in [-0.2, 0) is 4.84 Å². The molecule has 0 aromatic carbocycles. The number of hydrogen-bond donors (Lipinski definition) is 0.